The lowest BCUT2D eigenvalue weighted by Gasteiger charge is -2.16. The van der Waals surface area contributed by atoms with Gasteiger partial charge in [-0.3, -0.25) is 9.36 Å². The van der Waals surface area contributed by atoms with Gasteiger partial charge >= 0.3 is 0 Å². The summed E-state index contributed by atoms with van der Waals surface area (Å²) in [5, 5.41) is 1.63. The van der Waals surface area contributed by atoms with Crippen molar-refractivity contribution in [2.45, 2.75) is 38.9 Å². The molecule has 0 aliphatic carbocycles. The summed E-state index contributed by atoms with van der Waals surface area (Å²) in [6.07, 6.45) is 0. The molecule has 0 aliphatic heterocycles. The first-order valence-corrected chi connectivity index (χ1v) is 8.93. The van der Waals surface area contributed by atoms with Crippen molar-refractivity contribution in [3.05, 3.63) is 20.8 Å². The largest absolute Gasteiger partial charge is 0.309 e. The Hall–Kier alpha value is -0.850. The van der Waals surface area contributed by atoms with Crippen molar-refractivity contribution in [1.82, 2.24) is 14.5 Å². The van der Waals surface area contributed by atoms with Crippen molar-refractivity contribution in [3.8, 4) is 0 Å². The summed E-state index contributed by atoms with van der Waals surface area (Å²) in [4.78, 5) is 21.8. The topological polar surface area (TPSA) is 38.1 Å². The monoisotopic (exact) mass is 325 g/mol. The molecule has 0 radical (unpaired) electrons. The fourth-order valence-corrected chi connectivity index (χ4v) is 4.47. The smallest absolute Gasteiger partial charge is 0.263 e. The van der Waals surface area contributed by atoms with Gasteiger partial charge in [0.15, 0.2) is 5.16 Å². The molecule has 4 nitrogen and oxygen atoms in total. The molecule has 0 aromatic carbocycles. The second-order valence-corrected chi connectivity index (χ2v) is 8.04. The normalized spacial score (nSPS) is 12.0. The number of thiophene rings is 1. The predicted molar refractivity (Wildman–Crippen MR) is 93.0 cm³/mol. The van der Waals surface area contributed by atoms with Crippen molar-refractivity contribution >= 4 is 33.3 Å². The second kappa shape index (κ2) is 6.50. The van der Waals surface area contributed by atoms with E-state index in [1.807, 2.05) is 25.3 Å². The number of hydrogen-bond acceptors (Lipinski definition) is 5. The standard InChI is InChI=1S/C15H23N3OS2/c1-9(2)18-14(19)12-10(3)11(4)21-13(12)16-15(18)20-8-7-17(5)6/h9H,7-8H2,1-6H3. The molecule has 0 atom stereocenters. The average molecular weight is 326 g/mol. The Morgan fingerprint density at radius 2 is 2.00 bits per heavy atom. The van der Waals surface area contributed by atoms with Gasteiger partial charge in [-0.1, -0.05) is 11.8 Å². The molecule has 0 aliphatic rings. The third kappa shape index (κ3) is 3.33. The summed E-state index contributed by atoms with van der Waals surface area (Å²) in [6, 6.07) is 0.121. The molecule has 6 heteroatoms. The molecule has 0 saturated carbocycles. The molecule has 0 saturated heterocycles. The maximum Gasteiger partial charge on any atom is 0.263 e. The van der Waals surface area contributed by atoms with E-state index in [0.29, 0.717) is 0 Å². The van der Waals surface area contributed by atoms with E-state index in [-0.39, 0.29) is 11.6 Å². The van der Waals surface area contributed by atoms with E-state index in [2.05, 4.69) is 25.9 Å². The van der Waals surface area contributed by atoms with E-state index in [0.717, 1.165) is 33.2 Å². The van der Waals surface area contributed by atoms with Gasteiger partial charge in [0.1, 0.15) is 4.83 Å². The van der Waals surface area contributed by atoms with E-state index in [4.69, 9.17) is 4.98 Å². The number of aromatic nitrogens is 2. The van der Waals surface area contributed by atoms with E-state index < -0.39 is 0 Å². The van der Waals surface area contributed by atoms with Crippen LogP contribution in [0.25, 0.3) is 10.2 Å². The van der Waals surface area contributed by atoms with Gasteiger partial charge < -0.3 is 4.90 Å². The van der Waals surface area contributed by atoms with Crippen LogP contribution in [-0.4, -0.2) is 40.8 Å². The number of rotatable bonds is 5. The Kier molecular flexibility index (Phi) is 5.11. The van der Waals surface area contributed by atoms with Crippen LogP contribution in [0, 0.1) is 13.8 Å². The zero-order valence-corrected chi connectivity index (χ0v) is 15.2. The van der Waals surface area contributed by atoms with Crippen LogP contribution >= 0.6 is 23.1 Å². The minimum atomic E-state index is 0.101. The highest BCUT2D eigenvalue weighted by Crippen LogP contribution is 2.29. The van der Waals surface area contributed by atoms with Crippen LogP contribution in [0.2, 0.25) is 0 Å². The van der Waals surface area contributed by atoms with Crippen LogP contribution in [0.1, 0.15) is 30.3 Å². The van der Waals surface area contributed by atoms with Crippen LogP contribution < -0.4 is 5.56 Å². The Bertz CT molecular complexity index is 701. The minimum Gasteiger partial charge on any atom is -0.309 e. The number of thioether (sulfide) groups is 1. The van der Waals surface area contributed by atoms with Crippen LogP contribution in [0.15, 0.2) is 9.95 Å². The highest BCUT2D eigenvalue weighted by Gasteiger charge is 2.18. The van der Waals surface area contributed by atoms with Crippen molar-refractivity contribution in [3.63, 3.8) is 0 Å². The van der Waals surface area contributed by atoms with Crippen LogP contribution in [0.3, 0.4) is 0 Å². The quantitative estimate of drug-likeness (QED) is 0.624. The molecular weight excluding hydrogens is 302 g/mol. The molecule has 0 fully saturated rings. The molecule has 0 N–H and O–H groups in total. The Labute approximate surface area is 134 Å². The van der Waals surface area contributed by atoms with Gasteiger partial charge in [-0.15, -0.1) is 11.3 Å². The maximum absolute atomic E-state index is 12.8. The SMILES string of the molecule is Cc1sc2nc(SCCN(C)C)n(C(C)C)c(=O)c2c1C. The van der Waals surface area contributed by atoms with Gasteiger partial charge in [-0.05, 0) is 47.4 Å². The fraction of sp³-hybridized carbons (Fsp3) is 0.600. The molecule has 0 unspecified atom stereocenters. The molecule has 0 amide bonds. The van der Waals surface area contributed by atoms with Crippen LogP contribution in [-0.2, 0) is 0 Å². The highest BCUT2D eigenvalue weighted by molar-refractivity contribution is 7.99. The van der Waals surface area contributed by atoms with Gasteiger partial charge in [0.25, 0.3) is 5.56 Å². The van der Waals surface area contributed by atoms with Crippen molar-refractivity contribution < 1.29 is 0 Å². The summed E-state index contributed by atoms with van der Waals surface area (Å²) in [5.74, 6) is 0.932. The summed E-state index contributed by atoms with van der Waals surface area (Å²) < 4.78 is 1.84. The van der Waals surface area contributed by atoms with Crippen molar-refractivity contribution in [1.29, 1.82) is 0 Å². The number of aryl methyl sites for hydroxylation is 2. The molecule has 2 heterocycles. The zero-order chi connectivity index (χ0) is 15.7. The third-order valence-corrected chi connectivity index (χ3v) is 5.52. The lowest BCUT2D eigenvalue weighted by Crippen LogP contribution is -2.25. The van der Waals surface area contributed by atoms with Crippen LogP contribution in [0.5, 0.6) is 0 Å². The number of fused-ring (bicyclic) bond motifs is 1. The predicted octanol–water partition coefficient (Wildman–Crippen LogP) is 3.31. The summed E-state index contributed by atoms with van der Waals surface area (Å²) in [6.45, 7) is 9.12. The van der Waals surface area contributed by atoms with E-state index in [1.165, 1.54) is 4.88 Å². The Morgan fingerprint density at radius 1 is 1.33 bits per heavy atom. The van der Waals surface area contributed by atoms with Gasteiger partial charge in [0.2, 0.25) is 0 Å². The molecule has 0 bridgehead atoms. The second-order valence-electron chi connectivity index (χ2n) is 5.78. The first-order chi connectivity index (χ1) is 9.82. The molecule has 116 valence electrons. The average Bonchev–Trinajstić information content (AvgIpc) is 2.64. The minimum absolute atomic E-state index is 0.101. The maximum atomic E-state index is 12.8. The van der Waals surface area contributed by atoms with Gasteiger partial charge in [0.05, 0.1) is 5.39 Å². The van der Waals surface area contributed by atoms with Gasteiger partial charge in [-0.2, -0.15) is 0 Å². The molecule has 21 heavy (non-hydrogen) atoms. The lowest BCUT2D eigenvalue weighted by molar-refractivity contribution is 0.437. The Balaban J connectivity index is 2.53. The molecular formula is C15H23N3OS2. The van der Waals surface area contributed by atoms with Gasteiger partial charge in [-0.25, -0.2) is 4.98 Å². The van der Waals surface area contributed by atoms with E-state index >= 15 is 0 Å². The molecule has 0 spiro atoms. The highest BCUT2D eigenvalue weighted by atomic mass is 32.2. The molecule has 2 aromatic heterocycles. The number of hydrogen-bond donors (Lipinski definition) is 0. The van der Waals surface area contributed by atoms with E-state index in [9.17, 15) is 4.79 Å². The Morgan fingerprint density at radius 3 is 2.57 bits per heavy atom. The summed E-state index contributed by atoms with van der Waals surface area (Å²) >= 11 is 3.28. The van der Waals surface area contributed by atoms with Crippen molar-refractivity contribution in [2.75, 3.05) is 26.4 Å². The summed E-state index contributed by atoms with van der Waals surface area (Å²) in [7, 11) is 4.11. The zero-order valence-electron chi connectivity index (χ0n) is 13.6. The number of nitrogens with zero attached hydrogens (tertiary/aromatic N) is 3. The van der Waals surface area contributed by atoms with E-state index in [1.54, 1.807) is 23.1 Å². The van der Waals surface area contributed by atoms with Gasteiger partial charge in [0, 0.05) is 23.2 Å². The lowest BCUT2D eigenvalue weighted by atomic mass is 10.2. The molecule has 2 aromatic rings. The fourth-order valence-electron chi connectivity index (χ4n) is 2.16. The van der Waals surface area contributed by atoms with Crippen molar-refractivity contribution in [2.24, 2.45) is 0 Å². The molecule has 2 rings (SSSR count). The first-order valence-electron chi connectivity index (χ1n) is 7.12. The third-order valence-electron chi connectivity index (χ3n) is 3.49. The van der Waals surface area contributed by atoms with Crippen LogP contribution in [0.4, 0.5) is 0 Å². The first kappa shape index (κ1) is 16.5. The summed E-state index contributed by atoms with van der Waals surface area (Å²) in [5.41, 5.74) is 1.18.